The molecule has 0 bridgehead atoms. The fourth-order valence-corrected chi connectivity index (χ4v) is 3.53. The van der Waals surface area contributed by atoms with Crippen LogP contribution in [0.15, 0.2) is 36.4 Å². The monoisotopic (exact) mass is 435 g/mol. The van der Waals surface area contributed by atoms with E-state index in [4.69, 9.17) is 27.9 Å². The predicted octanol–water partition coefficient (Wildman–Crippen LogP) is 4.80. The van der Waals surface area contributed by atoms with Gasteiger partial charge >= 0.3 is 0 Å². The van der Waals surface area contributed by atoms with Gasteiger partial charge in [0.25, 0.3) is 5.91 Å². The van der Waals surface area contributed by atoms with Crippen molar-refractivity contribution in [2.45, 2.75) is 39.3 Å². The number of benzene rings is 2. The number of amides is 2. The minimum atomic E-state index is -0.326. The fourth-order valence-electron chi connectivity index (χ4n) is 3.13. The van der Waals surface area contributed by atoms with E-state index in [1.165, 1.54) is 5.01 Å². The third-order valence-corrected chi connectivity index (χ3v) is 5.11. The number of anilines is 1. The number of aryl methyl sites for hydroxylation is 1. The highest BCUT2D eigenvalue weighted by Gasteiger charge is 2.32. The first-order valence-electron chi connectivity index (χ1n) is 9.47. The molecule has 1 aliphatic rings. The number of rotatable bonds is 7. The van der Waals surface area contributed by atoms with Crippen LogP contribution in [0.2, 0.25) is 10.0 Å². The number of nitrogens with zero attached hydrogens (tertiary/aromatic N) is 1. The number of fused-ring (bicyclic) bond motifs is 1. The molecule has 0 aromatic heterocycles. The molecule has 0 fully saturated rings. The molecule has 0 saturated heterocycles. The number of hydrazine groups is 1. The molecule has 1 atom stereocenters. The largest absolute Gasteiger partial charge is 0.493 e. The lowest BCUT2D eigenvalue weighted by Crippen LogP contribution is -2.57. The molecule has 0 spiro atoms. The van der Waals surface area contributed by atoms with Crippen molar-refractivity contribution >= 4 is 40.7 Å². The second-order valence-corrected chi connectivity index (χ2v) is 7.70. The summed E-state index contributed by atoms with van der Waals surface area (Å²) in [4.78, 5) is 25.2. The second kappa shape index (κ2) is 9.37. The highest BCUT2D eigenvalue weighted by molar-refractivity contribution is 6.31. The molecule has 2 amide bonds. The SMILES string of the molecule is CCC1Nc2ccc(Cl)cc2C(=O)N1NC(=O)CCCOc1ccc(Cl)cc1C. The van der Waals surface area contributed by atoms with Gasteiger partial charge in [-0.15, -0.1) is 0 Å². The zero-order valence-corrected chi connectivity index (χ0v) is 17.8. The van der Waals surface area contributed by atoms with Crippen molar-refractivity contribution in [2.24, 2.45) is 0 Å². The van der Waals surface area contributed by atoms with E-state index in [0.29, 0.717) is 40.7 Å². The van der Waals surface area contributed by atoms with E-state index >= 15 is 0 Å². The molecule has 2 aromatic rings. The molecule has 1 unspecified atom stereocenters. The molecule has 0 saturated carbocycles. The summed E-state index contributed by atoms with van der Waals surface area (Å²) >= 11 is 11.9. The van der Waals surface area contributed by atoms with Gasteiger partial charge in [-0.05, 0) is 61.7 Å². The Morgan fingerprint density at radius 2 is 1.93 bits per heavy atom. The van der Waals surface area contributed by atoms with Gasteiger partial charge in [0.2, 0.25) is 5.91 Å². The van der Waals surface area contributed by atoms with Gasteiger partial charge in [0.15, 0.2) is 0 Å². The van der Waals surface area contributed by atoms with E-state index in [9.17, 15) is 9.59 Å². The van der Waals surface area contributed by atoms with Gasteiger partial charge in [-0.3, -0.25) is 15.0 Å². The van der Waals surface area contributed by atoms with Crippen LogP contribution in [0.1, 0.15) is 42.1 Å². The normalized spacial score (nSPS) is 15.5. The van der Waals surface area contributed by atoms with Gasteiger partial charge in [-0.1, -0.05) is 30.1 Å². The summed E-state index contributed by atoms with van der Waals surface area (Å²) < 4.78 is 5.71. The summed E-state index contributed by atoms with van der Waals surface area (Å²) in [5.41, 5.74) is 4.80. The summed E-state index contributed by atoms with van der Waals surface area (Å²) in [5.74, 6) is 0.208. The summed E-state index contributed by atoms with van der Waals surface area (Å²) in [6.45, 7) is 4.24. The molecule has 2 N–H and O–H groups in total. The van der Waals surface area contributed by atoms with Crippen LogP contribution in [0.25, 0.3) is 0 Å². The van der Waals surface area contributed by atoms with E-state index in [-0.39, 0.29) is 24.4 Å². The van der Waals surface area contributed by atoms with E-state index in [0.717, 1.165) is 11.3 Å². The van der Waals surface area contributed by atoms with Gasteiger partial charge < -0.3 is 10.1 Å². The smallest absolute Gasteiger partial charge is 0.276 e. The molecule has 8 heteroatoms. The van der Waals surface area contributed by atoms with E-state index in [1.54, 1.807) is 24.3 Å². The van der Waals surface area contributed by atoms with E-state index < -0.39 is 0 Å². The topological polar surface area (TPSA) is 70.7 Å². The Balaban J connectivity index is 1.54. The van der Waals surface area contributed by atoms with Crippen molar-refractivity contribution in [1.82, 2.24) is 10.4 Å². The van der Waals surface area contributed by atoms with Crippen LogP contribution in [-0.4, -0.2) is 29.6 Å². The maximum absolute atomic E-state index is 12.8. The molecule has 1 heterocycles. The first-order chi connectivity index (χ1) is 13.9. The molecule has 29 heavy (non-hydrogen) atoms. The van der Waals surface area contributed by atoms with Gasteiger partial charge in [0.05, 0.1) is 12.2 Å². The Morgan fingerprint density at radius 3 is 2.66 bits per heavy atom. The number of carbonyl (C=O) groups is 2. The maximum Gasteiger partial charge on any atom is 0.276 e. The summed E-state index contributed by atoms with van der Waals surface area (Å²) in [6, 6.07) is 10.5. The molecule has 6 nitrogen and oxygen atoms in total. The van der Waals surface area contributed by atoms with E-state index in [1.807, 2.05) is 26.0 Å². The van der Waals surface area contributed by atoms with Crippen molar-refractivity contribution in [3.63, 3.8) is 0 Å². The highest BCUT2D eigenvalue weighted by Crippen LogP contribution is 2.28. The fraction of sp³-hybridized carbons (Fsp3) is 0.333. The van der Waals surface area contributed by atoms with Crippen LogP contribution in [0.4, 0.5) is 5.69 Å². The van der Waals surface area contributed by atoms with Gasteiger partial charge in [-0.25, -0.2) is 5.01 Å². The predicted molar refractivity (Wildman–Crippen MR) is 114 cm³/mol. The lowest BCUT2D eigenvalue weighted by molar-refractivity contribution is -0.126. The molecular formula is C21H23Cl2N3O3. The maximum atomic E-state index is 12.8. The van der Waals surface area contributed by atoms with Gasteiger partial charge in [-0.2, -0.15) is 0 Å². The molecule has 154 valence electrons. The third kappa shape index (κ3) is 5.14. The first-order valence-corrected chi connectivity index (χ1v) is 10.2. The Morgan fingerprint density at radius 1 is 1.21 bits per heavy atom. The van der Waals surface area contributed by atoms with Crippen LogP contribution < -0.4 is 15.5 Å². The number of carbonyl (C=O) groups excluding carboxylic acids is 2. The van der Waals surface area contributed by atoms with E-state index in [2.05, 4.69) is 10.7 Å². The number of nitrogens with one attached hydrogen (secondary N) is 2. The molecule has 2 aromatic carbocycles. The summed E-state index contributed by atoms with van der Waals surface area (Å²) in [6.07, 6.45) is 1.05. The van der Waals surface area contributed by atoms with Crippen LogP contribution in [0, 0.1) is 6.92 Å². The second-order valence-electron chi connectivity index (χ2n) is 6.83. The van der Waals surface area contributed by atoms with Gasteiger partial charge in [0.1, 0.15) is 11.9 Å². The molecule has 0 radical (unpaired) electrons. The zero-order valence-electron chi connectivity index (χ0n) is 16.3. The average molecular weight is 436 g/mol. The Bertz CT molecular complexity index is 920. The Hall–Kier alpha value is -2.44. The minimum absolute atomic E-state index is 0.231. The first kappa shape index (κ1) is 21.3. The molecule has 1 aliphatic heterocycles. The van der Waals surface area contributed by atoms with Gasteiger partial charge in [0, 0.05) is 22.2 Å². The Labute approximate surface area is 180 Å². The van der Waals surface area contributed by atoms with Crippen molar-refractivity contribution in [3.8, 4) is 5.75 Å². The molecular weight excluding hydrogens is 413 g/mol. The number of halogens is 2. The van der Waals surface area contributed by atoms with Crippen molar-refractivity contribution in [3.05, 3.63) is 57.6 Å². The van der Waals surface area contributed by atoms with Crippen molar-refractivity contribution < 1.29 is 14.3 Å². The lowest BCUT2D eigenvalue weighted by atomic mass is 10.1. The zero-order chi connectivity index (χ0) is 21.0. The standard InChI is InChI=1S/C21H23Cl2N3O3/c1-3-19-24-17-8-6-15(23)12-16(17)21(28)26(19)25-20(27)5-4-10-29-18-9-7-14(22)11-13(18)2/h6-9,11-12,19,24H,3-5,10H2,1-2H3,(H,25,27). The van der Waals surface area contributed by atoms with Crippen molar-refractivity contribution in [2.75, 3.05) is 11.9 Å². The summed E-state index contributed by atoms with van der Waals surface area (Å²) in [5, 5.41) is 5.72. The van der Waals surface area contributed by atoms with Crippen LogP contribution in [0.3, 0.4) is 0 Å². The number of hydrogen-bond donors (Lipinski definition) is 2. The highest BCUT2D eigenvalue weighted by atomic mass is 35.5. The quantitative estimate of drug-likeness (QED) is 0.612. The van der Waals surface area contributed by atoms with Crippen molar-refractivity contribution in [1.29, 1.82) is 0 Å². The third-order valence-electron chi connectivity index (χ3n) is 4.64. The van der Waals surface area contributed by atoms with Crippen LogP contribution >= 0.6 is 23.2 Å². The summed E-state index contributed by atoms with van der Waals surface area (Å²) in [7, 11) is 0. The number of ether oxygens (including phenoxy) is 1. The minimum Gasteiger partial charge on any atom is -0.493 e. The molecule has 3 rings (SSSR count). The van der Waals surface area contributed by atoms with Crippen LogP contribution in [0.5, 0.6) is 5.75 Å². The van der Waals surface area contributed by atoms with Crippen LogP contribution in [-0.2, 0) is 4.79 Å². The Kier molecular flexibility index (Phi) is 6.87. The lowest BCUT2D eigenvalue weighted by Gasteiger charge is -2.37. The molecule has 0 aliphatic carbocycles. The number of hydrogen-bond acceptors (Lipinski definition) is 4. The average Bonchev–Trinajstić information content (AvgIpc) is 2.69.